The molecule has 0 unspecified atom stereocenters. The highest BCUT2D eigenvalue weighted by molar-refractivity contribution is 5.85. The van der Waals surface area contributed by atoms with E-state index in [0.29, 0.717) is 0 Å². The van der Waals surface area contributed by atoms with Gasteiger partial charge in [-0.05, 0) is 75.2 Å². The van der Waals surface area contributed by atoms with E-state index < -0.39 is 0 Å². The van der Waals surface area contributed by atoms with E-state index in [9.17, 15) is 0 Å². The third kappa shape index (κ3) is 3.00. The predicted molar refractivity (Wildman–Crippen MR) is 114 cm³/mol. The van der Waals surface area contributed by atoms with Gasteiger partial charge in [0.2, 0.25) is 0 Å². The van der Waals surface area contributed by atoms with E-state index in [1.54, 1.807) is 0 Å². The number of rotatable bonds is 3. The minimum atomic E-state index is 0.910. The van der Waals surface area contributed by atoms with E-state index in [2.05, 4.69) is 109 Å². The minimum absolute atomic E-state index is 0.910. The maximum absolute atomic E-state index is 3.37. The quantitative estimate of drug-likeness (QED) is 0.373. The molecule has 127 valence electrons. The van der Waals surface area contributed by atoms with Gasteiger partial charge in [-0.1, -0.05) is 84.9 Å². The van der Waals surface area contributed by atoms with E-state index in [1.807, 2.05) is 0 Å². The molecule has 0 aliphatic heterocycles. The van der Waals surface area contributed by atoms with Crippen molar-refractivity contribution in [2.45, 2.75) is 6.42 Å². The van der Waals surface area contributed by atoms with E-state index >= 15 is 0 Å². The topological polar surface area (TPSA) is 0 Å². The lowest BCUT2D eigenvalue weighted by Crippen LogP contribution is -1.90. The van der Waals surface area contributed by atoms with Crippen molar-refractivity contribution >= 4 is 6.08 Å². The molecule has 0 saturated heterocycles. The van der Waals surface area contributed by atoms with Gasteiger partial charge < -0.3 is 0 Å². The molecule has 0 aromatic heterocycles. The third-order valence-corrected chi connectivity index (χ3v) is 5.19. The van der Waals surface area contributed by atoms with Crippen LogP contribution in [0.3, 0.4) is 0 Å². The molecule has 0 nitrogen and oxygen atoms in total. The Balaban J connectivity index is 1.74. The molecule has 0 heterocycles. The molecule has 0 bridgehead atoms. The summed E-state index contributed by atoms with van der Waals surface area (Å²) in [4.78, 5) is 0. The van der Waals surface area contributed by atoms with Crippen LogP contribution in [0, 0.1) is 6.08 Å². The van der Waals surface area contributed by atoms with Crippen LogP contribution in [-0.2, 0) is 6.42 Å². The van der Waals surface area contributed by atoms with Crippen molar-refractivity contribution in [3.8, 4) is 33.4 Å². The van der Waals surface area contributed by atoms with Gasteiger partial charge in [-0.15, -0.1) is 0 Å². The van der Waals surface area contributed by atoms with Crippen molar-refractivity contribution in [1.82, 2.24) is 0 Å². The summed E-state index contributed by atoms with van der Waals surface area (Å²) >= 11 is 0. The number of hydrogen-bond donors (Lipinski definition) is 0. The first kappa shape index (κ1) is 15.8. The molecule has 1 aliphatic carbocycles. The lowest BCUT2D eigenvalue weighted by Gasteiger charge is -2.13. The van der Waals surface area contributed by atoms with Gasteiger partial charge in [0, 0.05) is 0 Å². The zero-order chi connectivity index (χ0) is 18.1. The van der Waals surface area contributed by atoms with Gasteiger partial charge in [0.1, 0.15) is 0 Å². The second kappa shape index (κ2) is 6.74. The molecule has 0 heteroatoms. The Morgan fingerprint density at radius 3 is 1.74 bits per heavy atom. The number of hydrogen-bond acceptors (Lipinski definition) is 0. The van der Waals surface area contributed by atoms with Crippen molar-refractivity contribution in [3.05, 3.63) is 114 Å². The second-order valence-electron chi connectivity index (χ2n) is 6.93. The Morgan fingerprint density at radius 1 is 0.519 bits per heavy atom. The van der Waals surface area contributed by atoms with Crippen LogP contribution in [-0.4, -0.2) is 0 Å². The Labute approximate surface area is 160 Å². The number of fused-ring (bicyclic) bond motifs is 1. The van der Waals surface area contributed by atoms with E-state index in [0.717, 1.165) is 6.42 Å². The fourth-order valence-corrected chi connectivity index (χ4v) is 3.83. The second-order valence-corrected chi connectivity index (χ2v) is 6.93. The van der Waals surface area contributed by atoms with Gasteiger partial charge in [0.15, 0.2) is 0 Å². The first-order valence-electron chi connectivity index (χ1n) is 9.33. The monoisotopic (exact) mass is 343 g/mol. The maximum atomic E-state index is 3.37. The van der Waals surface area contributed by atoms with Gasteiger partial charge in [-0.25, -0.2) is 0 Å². The number of benzene rings is 4. The van der Waals surface area contributed by atoms with Gasteiger partial charge >= 0.3 is 0 Å². The highest BCUT2D eigenvalue weighted by Gasteiger charge is 2.13. The van der Waals surface area contributed by atoms with Crippen molar-refractivity contribution < 1.29 is 0 Å². The molecular formula is C27H19. The Morgan fingerprint density at radius 2 is 1.11 bits per heavy atom. The third-order valence-electron chi connectivity index (χ3n) is 5.19. The fraction of sp³-hybridized carbons (Fsp3) is 0.0370. The summed E-state index contributed by atoms with van der Waals surface area (Å²) < 4.78 is 0. The van der Waals surface area contributed by atoms with Crippen molar-refractivity contribution in [3.63, 3.8) is 0 Å². The molecule has 4 aromatic carbocycles. The molecule has 5 rings (SSSR count). The Bertz CT molecular complexity index is 1060. The molecule has 0 spiro atoms. The summed E-state index contributed by atoms with van der Waals surface area (Å²) in [7, 11) is 0. The van der Waals surface area contributed by atoms with Crippen molar-refractivity contribution in [2.24, 2.45) is 0 Å². The SMILES string of the molecule is [C]1=Cc2c(cccc2-c2cc(-c3ccccc3)cc(-c3ccccc3)c2)C1. The van der Waals surface area contributed by atoms with Crippen LogP contribution >= 0.6 is 0 Å². The molecule has 0 N–H and O–H groups in total. The zero-order valence-corrected chi connectivity index (χ0v) is 15.0. The lowest BCUT2D eigenvalue weighted by molar-refractivity contribution is 1.28. The minimum Gasteiger partial charge on any atom is -0.0622 e. The maximum Gasteiger partial charge on any atom is -0.00165 e. The van der Waals surface area contributed by atoms with Crippen molar-refractivity contribution in [1.29, 1.82) is 0 Å². The van der Waals surface area contributed by atoms with Crippen LogP contribution < -0.4 is 0 Å². The fourth-order valence-electron chi connectivity index (χ4n) is 3.83. The van der Waals surface area contributed by atoms with Crippen LogP contribution in [0.4, 0.5) is 0 Å². The van der Waals surface area contributed by atoms with Crippen molar-refractivity contribution in [2.75, 3.05) is 0 Å². The highest BCUT2D eigenvalue weighted by atomic mass is 14.2. The summed E-state index contributed by atoms with van der Waals surface area (Å²) in [5.74, 6) is 0. The highest BCUT2D eigenvalue weighted by Crippen LogP contribution is 2.36. The predicted octanol–water partition coefficient (Wildman–Crippen LogP) is 7.06. The first-order valence-corrected chi connectivity index (χ1v) is 9.33. The van der Waals surface area contributed by atoms with Crippen LogP contribution in [0.15, 0.2) is 97.1 Å². The Kier molecular flexibility index (Phi) is 3.95. The van der Waals surface area contributed by atoms with E-state index in [-0.39, 0.29) is 0 Å². The lowest BCUT2D eigenvalue weighted by atomic mass is 9.91. The molecule has 0 fully saturated rings. The molecule has 0 atom stereocenters. The Hall–Kier alpha value is -3.38. The van der Waals surface area contributed by atoms with Crippen LogP contribution in [0.2, 0.25) is 0 Å². The van der Waals surface area contributed by atoms with E-state index in [4.69, 9.17) is 0 Å². The molecule has 1 aliphatic rings. The molecule has 27 heavy (non-hydrogen) atoms. The van der Waals surface area contributed by atoms with E-state index in [1.165, 1.54) is 44.5 Å². The summed E-state index contributed by atoms with van der Waals surface area (Å²) in [6.45, 7) is 0. The first-order chi connectivity index (χ1) is 13.4. The number of allylic oxidation sites excluding steroid dienone is 1. The molecular weight excluding hydrogens is 324 g/mol. The average molecular weight is 343 g/mol. The average Bonchev–Trinajstić information content (AvgIpc) is 3.24. The molecule has 4 aromatic rings. The van der Waals surface area contributed by atoms with Crippen LogP contribution in [0.5, 0.6) is 0 Å². The van der Waals surface area contributed by atoms with Gasteiger partial charge in [-0.2, -0.15) is 0 Å². The standard InChI is InChI=1S/C27H19/c1-3-9-20(10-4-1)23-17-24(21-11-5-2-6-12-21)19-25(18-23)27-16-8-14-22-13-7-15-26(22)27/h1-6,8-12,14-19H,13H2. The summed E-state index contributed by atoms with van der Waals surface area (Å²) in [5, 5.41) is 0. The van der Waals surface area contributed by atoms with Crippen LogP contribution in [0.25, 0.3) is 39.5 Å². The van der Waals surface area contributed by atoms with Gasteiger partial charge in [0.05, 0.1) is 0 Å². The molecule has 1 radical (unpaired) electrons. The smallest absolute Gasteiger partial charge is 0.00165 e. The van der Waals surface area contributed by atoms with Gasteiger partial charge in [-0.3, -0.25) is 0 Å². The summed E-state index contributed by atoms with van der Waals surface area (Å²) in [6, 6.07) is 34.7. The zero-order valence-electron chi connectivity index (χ0n) is 15.0. The summed E-state index contributed by atoms with van der Waals surface area (Å²) in [6.07, 6.45) is 6.42. The molecule has 0 saturated carbocycles. The largest absolute Gasteiger partial charge is 0.0622 e. The van der Waals surface area contributed by atoms with Gasteiger partial charge in [0.25, 0.3) is 0 Å². The normalized spacial score (nSPS) is 12.1. The van der Waals surface area contributed by atoms with Crippen LogP contribution in [0.1, 0.15) is 11.1 Å². The summed E-state index contributed by atoms with van der Waals surface area (Å²) in [5.41, 5.74) is 10.2. The molecule has 0 amide bonds.